The first kappa shape index (κ1) is 12.3. The molecule has 0 aliphatic carbocycles. The Balaban J connectivity index is 2.49. The van der Waals surface area contributed by atoms with E-state index in [1.165, 1.54) is 0 Å². The number of rotatable bonds is 1. The van der Waals surface area contributed by atoms with E-state index >= 15 is 0 Å². The fraction of sp³-hybridized carbons (Fsp3) is 0.231. The Morgan fingerprint density at radius 1 is 1.20 bits per heavy atom. The summed E-state index contributed by atoms with van der Waals surface area (Å²) < 4.78 is 1.71. The Labute approximate surface area is 113 Å². The van der Waals surface area contributed by atoms with Gasteiger partial charge in [0.25, 0.3) is 5.56 Å². The highest BCUT2D eigenvalue weighted by molar-refractivity contribution is 5.82. The lowest BCUT2D eigenvalue weighted by atomic mass is 10.2. The third kappa shape index (κ3) is 1.75. The number of aromatic nitrogens is 4. The maximum absolute atomic E-state index is 11.8. The zero-order chi connectivity index (χ0) is 14.4. The summed E-state index contributed by atoms with van der Waals surface area (Å²) in [5.74, 6) is 0.280. The molecule has 0 aromatic heterocycles. The number of hydrogen-bond acceptors (Lipinski definition) is 5. The van der Waals surface area contributed by atoms with Gasteiger partial charge in [0.2, 0.25) is 0 Å². The summed E-state index contributed by atoms with van der Waals surface area (Å²) in [4.78, 5) is 35.4. The van der Waals surface area contributed by atoms with Crippen molar-refractivity contribution in [2.75, 3.05) is 19.0 Å². The van der Waals surface area contributed by atoms with Gasteiger partial charge in [-0.25, -0.2) is 9.78 Å². The summed E-state index contributed by atoms with van der Waals surface area (Å²) in [6.45, 7) is 0. The van der Waals surface area contributed by atoms with E-state index in [2.05, 4.69) is 15.0 Å². The molecule has 7 heteroatoms. The standard InChI is InChI=1S/C13H13N5O2/c1-17(2)7-4-5-8-9(6-7)18(3)11-10(14-8)12(19)16-13(20)15-11/h4-6H,1-3H3,(H,16,19,20). The predicted octanol–water partition coefficient (Wildman–Crippen LogP) is 0.188. The largest absolute Gasteiger partial charge is 0.378 e. The number of H-pyrrole nitrogens is 1. The van der Waals surface area contributed by atoms with E-state index in [1.54, 1.807) is 11.6 Å². The van der Waals surface area contributed by atoms with Crippen LogP contribution in [0.3, 0.4) is 0 Å². The molecule has 2 aliphatic rings. The Kier molecular flexibility index (Phi) is 2.56. The van der Waals surface area contributed by atoms with Crippen molar-refractivity contribution in [3.8, 4) is 11.5 Å². The third-order valence-electron chi connectivity index (χ3n) is 3.24. The molecule has 2 heterocycles. The van der Waals surface area contributed by atoms with E-state index in [0.29, 0.717) is 5.52 Å². The molecule has 0 fully saturated rings. The van der Waals surface area contributed by atoms with Gasteiger partial charge < -0.3 is 9.47 Å². The Morgan fingerprint density at radius 2 is 1.95 bits per heavy atom. The number of aromatic amines is 1. The molecule has 102 valence electrons. The molecule has 2 aliphatic heterocycles. The lowest BCUT2D eigenvalue weighted by Gasteiger charge is -2.16. The van der Waals surface area contributed by atoms with E-state index in [0.717, 1.165) is 11.2 Å². The minimum atomic E-state index is -0.664. The molecule has 0 saturated heterocycles. The van der Waals surface area contributed by atoms with Gasteiger partial charge in [0.05, 0.1) is 11.0 Å². The number of nitrogens with zero attached hydrogens (tertiary/aromatic N) is 4. The van der Waals surface area contributed by atoms with E-state index < -0.39 is 11.2 Å². The normalized spacial score (nSPS) is 11.2. The van der Waals surface area contributed by atoms with Crippen LogP contribution in [0.2, 0.25) is 0 Å². The average molecular weight is 271 g/mol. The van der Waals surface area contributed by atoms with Crippen LogP contribution < -0.4 is 16.1 Å². The van der Waals surface area contributed by atoms with Crippen LogP contribution in [0.1, 0.15) is 0 Å². The van der Waals surface area contributed by atoms with Gasteiger partial charge >= 0.3 is 5.69 Å². The maximum atomic E-state index is 11.8. The van der Waals surface area contributed by atoms with Crippen LogP contribution in [0.4, 0.5) is 5.69 Å². The van der Waals surface area contributed by atoms with Gasteiger partial charge in [-0.15, -0.1) is 0 Å². The minimum absolute atomic E-state index is 0.164. The zero-order valence-corrected chi connectivity index (χ0v) is 11.3. The number of benzene rings is 1. The lowest BCUT2D eigenvalue weighted by Crippen LogP contribution is -2.28. The third-order valence-corrected chi connectivity index (χ3v) is 3.24. The van der Waals surface area contributed by atoms with E-state index in [1.807, 2.05) is 37.2 Å². The molecule has 0 spiro atoms. The van der Waals surface area contributed by atoms with E-state index in [9.17, 15) is 9.59 Å². The van der Waals surface area contributed by atoms with Crippen molar-refractivity contribution in [3.63, 3.8) is 0 Å². The van der Waals surface area contributed by atoms with Crippen LogP contribution >= 0.6 is 0 Å². The van der Waals surface area contributed by atoms with Gasteiger partial charge in [-0.2, -0.15) is 4.98 Å². The molecule has 0 atom stereocenters. The summed E-state index contributed by atoms with van der Waals surface area (Å²) >= 11 is 0. The fourth-order valence-electron chi connectivity index (χ4n) is 2.16. The molecule has 1 aromatic rings. The van der Waals surface area contributed by atoms with Gasteiger partial charge in [0.15, 0.2) is 11.5 Å². The Bertz CT molecular complexity index is 894. The SMILES string of the molecule is CN(C)c1ccc2nc3c(=O)[nH]c(=O)nc-3n(C)c2c1. The highest BCUT2D eigenvalue weighted by Gasteiger charge is 2.16. The van der Waals surface area contributed by atoms with Crippen LogP contribution in [-0.4, -0.2) is 33.6 Å². The summed E-state index contributed by atoms with van der Waals surface area (Å²) in [5, 5.41) is 0. The highest BCUT2D eigenvalue weighted by Crippen LogP contribution is 2.23. The van der Waals surface area contributed by atoms with Crippen molar-refractivity contribution < 1.29 is 0 Å². The van der Waals surface area contributed by atoms with Crippen LogP contribution in [0.15, 0.2) is 27.8 Å². The van der Waals surface area contributed by atoms with Gasteiger partial charge in [0, 0.05) is 26.8 Å². The van der Waals surface area contributed by atoms with Crippen LogP contribution in [0.5, 0.6) is 0 Å². The number of aryl methyl sites for hydroxylation is 1. The smallest absolute Gasteiger partial charge is 0.349 e. The van der Waals surface area contributed by atoms with E-state index in [4.69, 9.17) is 0 Å². The van der Waals surface area contributed by atoms with Crippen molar-refractivity contribution in [2.24, 2.45) is 7.05 Å². The number of nitrogens with one attached hydrogen (secondary N) is 1. The maximum Gasteiger partial charge on any atom is 0.349 e. The Morgan fingerprint density at radius 3 is 2.65 bits per heavy atom. The molecule has 0 unspecified atom stereocenters. The second-order valence-electron chi connectivity index (χ2n) is 4.78. The molecule has 0 radical (unpaired) electrons. The lowest BCUT2D eigenvalue weighted by molar-refractivity contribution is 0.870. The molecular weight excluding hydrogens is 258 g/mol. The van der Waals surface area contributed by atoms with E-state index in [-0.39, 0.29) is 11.5 Å². The number of anilines is 1. The molecule has 7 nitrogen and oxygen atoms in total. The zero-order valence-electron chi connectivity index (χ0n) is 11.3. The summed E-state index contributed by atoms with van der Waals surface area (Å²) in [5.41, 5.74) is 1.47. The van der Waals surface area contributed by atoms with Crippen LogP contribution in [0, 0.1) is 0 Å². The molecule has 3 rings (SSSR count). The van der Waals surface area contributed by atoms with Crippen molar-refractivity contribution in [1.29, 1.82) is 0 Å². The number of hydrogen-bond donors (Lipinski definition) is 1. The van der Waals surface area contributed by atoms with Crippen molar-refractivity contribution in [1.82, 2.24) is 19.5 Å². The molecular formula is C13H13N5O2. The van der Waals surface area contributed by atoms with Gasteiger partial charge in [-0.1, -0.05) is 0 Å². The van der Waals surface area contributed by atoms with Crippen molar-refractivity contribution >= 4 is 16.7 Å². The molecule has 1 aromatic carbocycles. The second kappa shape index (κ2) is 4.16. The summed E-state index contributed by atoms with van der Waals surface area (Å²) in [6, 6.07) is 5.70. The quantitative estimate of drug-likeness (QED) is 0.639. The van der Waals surface area contributed by atoms with Gasteiger partial charge in [-0.3, -0.25) is 9.78 Å². The van der Waals surface area contributed by atoms with Gasteiger partial charge in [0.1, 0.15) is 0 Å². The monoisotopic (exact) mass is 271 g/mol. The molecule has 0 amide bonds. The average Bonchev–Trinajstić information content (AvgIpc) is 2.40. The highest BCUT2D eigenvalue weighted by atomic mass is 16.2. The molecule has 0 saturated carbocycles. The second-order valence-corrected chi connectivity index (χ2v) is 4.78. The first-order chi connectivity index (χ1) is 9.47. The van der Waals surface area contributed by atoms with Crippen molar-refractivity contribution in [2.45, 2.75) is 0 Å². The number of fused-ring (bicyclic) bond motifs is 2. The first-order valence-corrected chi connectivity index (χ1v) is 6.05. The minimum Gasteiger partial charge on any atom is -0.378 e. The summed E-state index contributed by atoms with van der Waals surface area (Å²) in [6.07, 6.45) is 0. The molecule has 20 heavy (non-hydrogen) atoms. The van der Waals surface area contributed by atoms with Crippen LogP contribution in [-0.2, 0) is 7.05 Å². The van der Waals surface area contributed by atoms with Crippen LogP contribution in [0.25, 0.3) is 22.6 Å². The Hall–Kier alpha value is -2.70. The van der Waals surface area contributed by atoms with Gasteiger partial charge in [-0.05, 0) is 18.2 Å². The topological polar surface area (TPSA) is 83.9 Å². The van der Waals surface area contributed by atoms with Crippen molar-refractivity contribution in [3.05, 3.63) is 39.0 Å². The first-order valence-electron chi connectivity index (χ1n) is 6.05. The molecule has 0 bridgehead atoms. The summed E-state index contributed by atoms with van der Waals surface area (Å²) in [7, 11) is 5.64. The molecule has 1 N–H and O–H groups in total. The fourth-order valence-corrected chi connectivity index (χ4v) is 2.16. The predicted molar refractivity (Wildman–Crippen MR) is 76.3 cm³/mol.